The first kappa shape index (κ1) is 19.6. The van der Waals surface area contributed by atoms with Gasteiger partial charge < -0.3 is 9.64 Å². The maximum Gasteiger partial charge on any atom is 0.309 e. The highest BCUT2D eigenvalue weighted by atomic mass is 32.2. The van der Waals surface area contributed by atoms with E-state index in [-0.39, 0.29) is 55.5 Å². The van der Waals surface area contributed by atoms with Gasteiger partial charge in [0.1, 0.15) is 0 Å². The first-order valence-corrected chi connectivity index (χ1v) is 10.6. The fraction of sp³-hybridized carbons (Fsp3) is 0.474. The molecule has 1 amide bonds. The largest absolute Gasteiger partial charge is 0.455 e. The Labute approximate surface area is 159 Å². The highest BCUT2D eigenvalue weighted by Gasteiger charge is 2.30. The molecule has 7 nitrogen and oxygen atoms in total. The van der Waals surface area contributed by atoms with Gasteiger partial charge in [0.05, 0.1) is 10.8 Å². The molecule has 8 heteroatoms. The summed E-state index contributed by atoms with van der Waals surface area (Å²) in [4.78, 5) is 26.1. The van der Waals surface area contributed by atoms with Gasteiger partial charge in [-0.05, 0) is 31.4 Å². The number of allylic oxidation sites excluding steroid dienone is 2. The quantitative estimate of drug-likeness (QED) is 0.559. The number of rotatable bonds is 5. The van der Waals surface area contributed by atoms with Gasteiger partial charge in [-0.2, -0.15) is 4.31 Å². The van der Waals surface area contributed by atoms with Crippen molar-refractivity contribution in [2.75, 3.05) is 32.8 Å². The Morgan fingerprint density at radius 3 is 2.37 bits per heavy atom. The lowest BCUT2D eigenvalue weighted by Crippen LogP contribution is -2.51. The van der Waals surface area contributed by atoms with Crippen LogP contribution in [0.5, 0.6) is 0 Å². The first-order chi connectivity index (χ1) is 13.0. The highest BCUT2D eigenvalue weighted by Crippen LogP contribution is 2.20. The van der Waals surface area contributed by atoms with E-state index in [1.165, 1.54) is 4.31 Å². The van der Waals surface area contributed by atoms with Gasteiger partial charge in [0, 0.05) is 26.2 Å². The van der Waals surface area contributed by atoms with Crippen molar-refractivity contribution in [2.24, 2.45) is 5.92 Å². The number of carbonyl (C=O) groups excluding carboxylic acids is 2. The number of nitrogens with zero attached hydrogens (tertiary/aromatic N) is 2. The second-order valence-electron chi connectivity index (χ2n) is 6.69. The molecule has 1 atom stereocenters. The number of carbonyl (C=O) groups is 2. The van der Waals surface area contributed by atoms with E-state index in [9.17, 15) is 18.0 Å². The molecule has 0 radical (unpaired) electrons. The van der Waals surface area contributed by atoms with Gasteiger partial charge in [0.25, 0.3) is 5.91 Å². The summed E-state index contributed by atoms with van der Waals surface area (Å²) in [6.07, 6.45) is 6.26. The van der Waals surface area contributed by atoms with Gasteiger partial charge in [0.2, 0.25) is 10.0 Å². The van der Waals surface area contributed by atoms with Gasteiger partial charge in [-0.15, -0.1) is 0 Å². The minimum atomic E-state index is -3.55. The van der Waals surface area contributed by atoms with Crippen molar-refractivity contribution in [2.45, 2.75) is 24.2 Å². The van der Waals surface area contributed by atoms with E-state index in [2.05, 4.69) is 0 Å². The van der Waals surface area contributed by atoms with E-state index >= 15 is 0 Å². The molecule has 1 aliphatic heterocycles. The molecule has 1 aliphatic carbocycles. The molecule has 0 bridgehead atoms. The van der Waals surface area contributed by atoms with Crippen LogP contribution in [-0.2, 0) is 24.3 Å². The predicted molar refractivity (Wildman–Crippen MR) is 99.2 cm³/mol. The maximum absolute atomic E-state index is 12.6. The molecule has 1 fully saturated rings. The van der Waals surface area contributed by atoms with Crippen LogP contribution in [0.2, 0.25) is 0 Å². The fourth-order valence-electron chi connectivity index (χ4n) is 3.27. The van der Waals surface area contributed by atoms with Crippen LogP contribution >= 0.6 is 0 Å². The van der Waals surface area contributed by atoms with Gasteiger partial charge in [0.15, 0.2) is 6.61 Å². The zero-order valence-corrected chi connectivity index (χ0v) is 15.9. The van der Waals surface area contributed by atoms with Crippen molar-refractivity contribution in [1.29, 1.82) is 0 Å². The van der Waals surface area contributed by atoms with Crippen molar-refractivity contribution in [3.8, 4) is 0 Å². The molecule has 2 aliphatic rings. The van der Waals surface area contributed by atoms with Crippen LogP contribution < -0.4 is 0 Å². The van der Waals surface area contributed by atoms with Crippen LogP contribution in [-0.4, -0.2) is 62.3 Å². The number of hydrogen-bond acceptors (Lipinski definition) is 5. The van der Waals surface area contributed by atoms with Crippen molar-refractivity contribution >= 4 is 21.9 Å². The van der Waals surface area contributed by atoms with Gasteiger partial charge in [-0.3, -0.25) is 9.59 Å². The summed E-state index contributed by atoms with van der Waals surface area (Å²) in [5, 5.41) is 0. The zero-order chi connectivity index (χ0) is 19.3. The standard InChI is InChI=1S/C19H24N2O5S/c22-18(15-26-19(23)16-7-3-1-4-8-16)20-11-13-21(14-12-20)27(24,25)17-9-5-2-6-10-17/h1-3,5-6,9-10,16H,4,7-8,11-15H2. The molecular formula is C19H24N2O5S. The zero-order valence-electron chi connectivity index (χ0n) is 15.1. The van der Waals surface area contributed by atoms with E-state index in [1.807, 2.05) is 12.2 Å². The van der Waals surface area contributed by atoms with Crippen molar-refractivity contribution < 1.29 is 22.7 Å². The molecule has 146 valence electrons. The number of sulfonamides is 1. The molecule has 1 saturated heterocycles. The molecule has 0 aromatic heterocycles. The molecule has 0 N–H and O–H groups in total. The normalized spacial score (nSPS) is 21.0. The number of piperazine rings is 1. The molecule has 3 rings (SSSR count). The lowest BCUT2D eigenvalue weighted by molar-refractivity contribution is -0.156. The van der Waals surface area contributed by atoms with Gasteiger partial charge >= 0.3 is 5.97 Å². The van der Waals surface area contributed by atoms with E-state index in [0.29, 0.717) is 6.42 Å². The molecule has 1 unspecified atom stereocenters. The second-order valence-corrected chi connectivity index (χ2v) is 8.62. The Morgan fingerprint density at radius 1 is 1.04 bits per heavy atom. The molecule has 1 aromatic carbocycles. The minimum Gasteiger partial charge on any atom is -0.455 e. The summed E-state index contributed by atoms with van der Waals surface area (Å²) >= 11 is 0. The van der Waals surface area contributed by atoms with Crippen molar-refractivity contribution in [3.63, 3.8) is 0 Å². The highest BCUT2D eigenvalue weighted by molar-refractivity contribution is 7.89. The predicted octanol–water partition coefficient (Wildman–Crippen LogP) is 1.42. The van der Waals surface area contributed by atoms with Crippen LogP contribution in [0.25, 0.3) is 0 Å². The van der Waals surface area contributed by atoms with Crippen molar-refractivity contribution in [1.82, 2.24) is 9.21 Å². The van der Waals surface area contributed by atoms with Crippen LogP contribution in [0.15, 0.2) is 47.4 Å². The number of esters is 1. The summed E-state index contributed by atoms with van der Waals surface area (Å²) in [7, 11) is -3.55. The third-order valence-electron chi connectivity index (χ3n) is 4.91. The van der Waals surface area contributed by atoms with E-state index in [4.69, 9.17) is 4.74 Å². The van der Waals surface area contributed by atoms with Crippen LogP contribution in [0.3, 0.4) is 0 Å². The van der Waals surface area contributed by atoms with Crippen LogP contribution in [0.4, 0.5) is 0 Å². The Hall–Kier alpha value is -2.19. The SMILES string of the molecule is O=C(OCC(=O)N1CCN(S(=O)(=O)c2ccccc2)CC1)C1CC=CCC1. The molecule has 0 spiro atoms. The van der Waals surface area contributed by atoms with Crippen LogP contribution in [0.1, 0.15) is 19.3 Å². The Morgan fingerprint density at radius 2 is 1.74 bits per heavy atom. The third-order valence-corrected chi connectivity index (χ3v) is 6.83. The minimum absolute atomic E-state index is 0.171. The molecule has 1 aromatic rings. The Balaban J connectivity index is 1.48. The molecular weight excluding hydrogens is 368 g/mol. The summed E-state index contributed by atoms with van der Waals surface area (Å²) in [6, 6.07) is 8.26. The van der Waals surface area contributed by atoms with Crippen molar-refractivity contribution in [3.05, 3.63) is 42.5 Å². The summed E-state index contributed by atoms with van der Waals surface area (Å²) in [6.45, 7) is 0.738. The summed E-state index contributed by atoms with van der Waals surface area (Å²) < 4.78 is 31.7. The average Bonchev–Trinajstić information content (AvgIpc) is 2.73. The second kappa shape index (κ2) is 8.67. The lowest BCUT2D eigenvalue weighted by atomic mass is 9.95. The van der Waals surface area contributed by atoms with E-state index in [0.717, 1.165) is 12.8 Å². The van der Waals surface area contributed by atoms with E-state index < -0.39 is 10.0 Å². The maximum atomic E-state index is 12.6. The lowest BCUT2D eigenvalue weighted by Gasteiger charge is -2.34. The molecule has 1 heterocycles. The Bertz CT molecular complexity index is 799. The van der Waals surface area contributed by atoms with Crippen LogP contribution in [0, 0.1) is 5.92 Å². The van der Waals surface area contributed by atoms with Gasteiger partial charge in [-0.25, -0.2) is 8.42 Å². The summed E-state index contributed by atoms with van der Waals surface area (Å²) in [5.74, 6) is -0.792. The smallest absolute Gasteiger partial charge is 0.309 e. The fourth-order valence-corrected chi connectivity index (χ4v) is 4.71. The monoisotopic (exact) mass is 392 g/mol. The third kappa shape index (κ3) is 4.75. The summed E-state index contributed by atoms with van der Waals surface area (Å²) in [5.41, 5.74) is 0. The van der Waals surface area contributed by atoms with Gasteiger partial charge in [-0.1, -0.05) is 30.4 Å². The average molecular weight is 392 g/mol. The number of benzene rings is 1. The molecule has 0 saturated carbocycles. The van der Waals surface area contributed by atoms with E-state index in [1.54, 1.807) is 35.2 Å². The topological polar surface area (TPSA) is 84.0 Å². The first-order valence-electron chi connectivity index (χ1n) is 9.13. The Kier molecular flexibility index (Phi) is 6.28. The number of amides is 1. The number of hydrogen-bond donors (Lipinski definition) is 0. The molecule has 27 heavy (non-hydrogen) atoms. The number of ether oxygens (including phenoxy) is 1.